The van der Waals surface area contributed by atoms with Gasteiger partial charge in [-0.15, -0.1) is 0 Å². The van der Waals surface area contributed by atoms with Crippen molar-refractivity contribution in [1.29, 1.82) is 0 Å². The van der Waals surface area contributed by atoms with Crippen LogP contribution in [0, 0.1) is 0 Å². The second kappa shape index (κ2) is 6.27. The van der Waals surface area contributed by atoms with E-state index in [0.29, 0.717) is 5.15 Å². The molecule has 0 radical (unpaired) electrons. The third-order valence-electron chi connectivity index (χ3n) is 2.50. The zero-order valence-electron chi connectivity index (χ0n) is 9.98. The molecule has 2 rings (SSSR count). The van der Waals surface area contributed by atoms with Gasteiger partial charge in [0.15, 0.2) is 0 Å². The molecule has 0 bridgehead atoms. The highest BCUT2D eigenvalue weighted by Crippen LogP contribution is 2.17. The third-order valence-corrected chi connectivity index (χ3v) is 3.47. The maximum absolute atomic E-state index is 5.71. The van der Waals surface area contributed by atoms with Gasteiger partial charge in [-0.3, -0.25) is 9.88 Å². The van der Waals surface area contributed by atoms with Gasteiger partial charge >= 0.3 is 0 Å². The van der Waals surface area contributed by atoms with Crippen molar-refractivity contribution in [2.75, 3.05) is 7.05 Å². The van der Waals surface area contributed by atoms with E-state index in [0.717, 1.165) is 23.3 Å². The molecule has 0 amide bonds. The molecular weight excluding hydrogens is 314 g/mol. The van der Waals surface area contributed by atoms with Crippen molar-refractivity contribution in [3.8, 4) is 0 Å². The third kappa shape index (κ3) is 3.77. The van der Waals surface area contributed by atoms with Crippen LogP contribution in [0.15, 0.2) is 41.1 Å². The molecule has 0 unspecified atom stereocenters. The highest BCUT2D eigenvalue weighted by molar-refractivity contribution is 9.10. The molecule has 0 atom stereocenters. The summed E-state index contributed by atoms with van der Waals surface area (Å²) in [5.74, 6) is 0. The molecule has 1 aromatic heterocycles. The molecule has 0 fully saturated rings. The first-order valence-electron chi connectivity index (χ1n) is 5.53. The van der Waals surface area contributed by atoms with Crippen molar-refractivity contribution in [3.05, 3.63) is 57.5 Å². The van der Waals surface area contributed by atoms with Crippen LogP contribution in [0.2, 0.25) is 5.15 Å². The van der Waals surface area contributed by atoms with Crippen molar-refractivity contribution in [1.82, 2.24) is 14.9 Å². The number of aromatic nitrogens is 2. The highest BCUT2D eigenvalue weighted by atomic mass is 79.9. The van der Waals surface area contributed by atoms with E-state index in [9.17, 15) is 0 Å². The van der Waals surface area contributed by atoms with Crippen LogP contribution in [0.25, 0.3) is 0 Å². The lowest BCUT2D eigenvalue weighted by Crippen LogP contribution is -2.18. The Hall–Kier alpha value is -0.970. The van der Waals surface area contributed by atoms with E-state index in [4.69, 9.17) is 11.6 Å². The second-order valence-corrected chi connectivity index (χ2v) is 5.34. The van der Waals surface area contributed by atoms with Gasteiger partial charge in [0.2, 0.25) is 0 Å². The number of halogens is 2. The first kappa shape index (κ1) is 13.5. The van der Waals surface area contributed by atoms with Gasteiger partial charge < -0.3 is 0 Å². The van der Waals surface area contributed by atoms with E-state index < -0.39 is 0 Å². The zero-order valence-corrected chi connectivity index (χ0v) is 12.3. The summed E-state index contributed by atoms with van der Waals surface area (Å²) in [6, 6.07) is 8.20. The Bertz CT molecular complexity index is 516. The Balaban J connectivity index is 1.99. The van der Waals surface area contributed by atoms with E-state index in [1.165, 1.54) is 5.56 Å². The van der Waals surface area contributed by atoms with Gasteiger partial charge in [0, 0.05) is 17.6 Å². The van der Waals surface area contributed by atoms with Crippen LogP contribution in [0.5, 0.6) is 0 Å². The zero-order chi connectivity index (χ0) is 13.0. The fraction of sp³-hybridized carbons (Fsp3) is 0.231. The summed E-state index contributed by atoms with van der Waals surface area (Å²) in [6.07, 6.45) is 3.28. The number of hydrogen-bond donors (Lipinski definition) is 0. The Morgan fingerprint density at radius 1 is 1.17 bits per heavy atom. The largest absolute Gasteiger partial charge is 0.296 e. The second-order valence-electron chi connectivity index (χ2n) is 4.09. The maximum atomic E-state index is 5.71. The van der Waals surface area contributed by atoms with E-state index in [1.54, 1.807) is 12.4 Å². The Morgan fingerprint density at radius 2 is 1.94 bits per heavy atom. The van der Waals surface area contributed by atoms with Gasteiger partial charge in [0.25, 0.3) is 0 Å². The van der Waals surface area contributed by atoms with Gasteiger partial charge in [0.1, 0.15) is 5.15 Å². The SMILES string of the molecule is CN(Cc1cnc(Cl)cn1)Cc1ccccc1Br. The lowest BCUT2D eigenvalue weighted by atomic mass is 10.2. The summed E-state index contributed by atoms with van der Waals surface area (Å²) >= 11 is 9.25. The minimum Gasteiger partial charge on any atom is -0.296 e. The molecular formula is C13H13BrClN3. The minimum atomic E-state index is 0.423. The van der Waals surface area contributed by atoms with Gasteiger partial charge in [-0.2, -0.15) is 0 Å². The van der Waals surface area contributed by atoms with E-state index in [2.05, 4.69) is 43.9 Å². The fourth-order valence-corrected chi connectivity index (χ4v) is 2.18. The lowest BCUT2D eigenvalue weighted by Gasteiger charge is -2.16. The van der Waals surface area contributed by atoms with Gasteiger partial charge in [-0.25, -0.2) is 4.98 Å². The monoisotopic (exact) mass is 325 g/mol. The Morgan fingerprint density at radius 3 is 2.61 bits per heavy atom. The van der Waals surface area contributed by atoms with Gasteiger partial charge in [-0.05, 0) is 18.7 Å². The van der Waals surface area contributed by atoms with Crippen molar-refractivity contribution >= 4 is 27.5 Å². The van der Waals surface area contributed by atoms with Gasteiger partial charge in [-0.1, -0.05) is 45.7 Å². The van der Waals surface area contributed by atoms with Crippen molar-refractivity contribution in [3.63, 3.8) is 0 Å². The quantitative estimate of drug-likeness (QED) is 0.861. The number of hydrogen-bond acceptors (Lipinski definition) is 3. The summed E-state index contributed by atoms with van der Waals surface area (Å²) in [5, 5.41) is 0.423. The van der Waals surface area contributed by atoms with Crippen molar-refractivity contribution in [2.24, 2.45) is 0 Å². The number of rotatable bonds is 4. The topological polar surface area (TPSA) is 29.0 Å². The molecule has 0 N–H and O–H groups in total. The van der Waals surface area contributed by atoms with Crippen molar-refractivity contribution < 1.29 is 0 Å². The van der Waals surface area contributed by atoms with Crippen LogP contribution in [-0.4, -0.2) is 21.9 Å². The average Bonchev–Trinajstić information content (AvgIpc) is 2.35. The molecule has 5 heteroatoms. The molecule has 0 aliphatic carbocycles. The molecule has 0 aliphatic rings. The Labute approximate surface area is 120 Å². The molecule has 1 aromatic carbocycles. The first-order chi connectivity index (χ1) is 8.65. The van der Waals surface area contributed by atoms with E-state index >= 15 is 0 Å². The highest BCUT2D eigenvalue weighted by Gasteiger charge is 2.05. The fourth-order valence-electron chi connectivity index (χ4n) is 1.67. The maximum Gasteiger partial charge on any atom is 0.147 e. The molecule has 0 aliphatic heterocycles. The van der Waals surface area contributed by atoms with E-state index in [-0.39, 0.29) is 0 Å². The smallest absolute Gasteiger partial charge is 0.147 e. The first-order valence-corrected chi connectivity index (χ1v) is 6.70. The number of benzene rings is 1. The van der Waals surface area contributed by atoms with Crippen LogP contribution >= 0.6 is 27.5 Å². The summed E-state index contributed by atoms with van der Waals surface area (Å²) in [4.78, 5) is 10.4. The van der Waals surface area contributed by atoms with Crippen LogP contribution in [-0.2, 0) is 13.1 Å². The Kier molecular flexibility index (Phi) is 4.69. The van der Waals surface area contributed by atoms with Crippen molar-refractivity contribution in [2.45, 2.75) is 13.1 Å². The summed E-state index contributed by atoms with van der Waals surface area (Å²) in [6.45, 7) is 1.59. The molecule has 1 heterocycles. The van der Waals surface area contributed by atoms with Crippen LogP contribution in [0.1, 0.15) is 11.3 Å². The molecule has 3 nitrogen and oxygen atoms in total. The standard InChI is InChI=1S/C13H13BrClN3/c1-18(8-10-4-2-3-5-12(10)14)9-11-6-17-13(15)7-16-11/h2-7H,8-9H2,1H3. The summed E-state index contributed by atoms with van der Waals surface area (Å²) in [5.41, 5.74) is 2.16. The minimum absolute atomic E-state index is 0.423. The van der Waals surface area contributed by atoms with E-state index in [1.807, 2.05) is 18.2 Å². The summed E-state index contributed by atoms with van der Waals surface area (Å²) < 4.78 is 1.12. The normalized spacial score (nSPS) is 10.9. The molecule has 2 aromatic rings. The van der Waals surface area contributed by atoms with Gasteiger partial charge in [0.05, 0.1) is 18.1 Å². The lowest BCUT2D eigenvalue weighted by molar-refractivity contribution is 0.314. The predicted molar refractivity (Wildman–Crippen MR) is 76.4 cm³/mol. The van der Waals surface area contributed by atoms with Crippen LogP contribution in [0.3, 0.4) is 0 Å². The number of nitrogens with zero attached hydrogens (tertiary/aromatic N) is 3. The predicted octanol–water partition coefficient (Wildman–Crippen LogP) is 3.52. The van der Waals surface area contributed by atoms with Crippen LogP contribution in [0.4, 0.5) is 0 Å². The summed E-state index contributed by atoms with van der Waals surface area (Å²) in [7, 11) is 2.05. The molecule has 0 spiro atoms. The molecule has 18 heavy (non-hydrogen) atoms. The molecule has 0 saturated carbocycles. The van der Waals surface area contributed by atoms with Crippen LogP contribution < -0.4 is 0 Å². The molecule has 0 saturated heterocycles. The molecule has 94 valence electrons. The average molecular weight is 327 g/mol.